The highest BCUT2D eigenvalue weighted by atomic mass is 16.5. The Labute approximate surface area is 137 Å². The predicted molar refractivity (Wildman–Crippen MR) is 89.8 cm³/mol. The molecule has 1 saturated heterocycles. The third-order valence-electron chi connectivity index (χ3n) is 4.56. The number of hydrogen-bond acceptors (Lipinski definition) is 4. The minimum Gasteiger partial charge on any atom is -0.497 e. The first kappa shape index (κ1) is 15.9. The summed E-state index contributed by atoms with van der Waals surface area (Å²) >= 11 is 0. The van der Waals surface area contributed by atoms with Crippen molar-refractivity contribution in [1.29, 1.82) is 0 Å². The van der Waals surface area contributed by atoms with Crippen LogP contribution < -0.4 is 9.47 Å². The second kappa shape index (κ2) is 7.51. The van der Waals surface area contributed by atoms with Crippen LogP contribution in [0.15, 0.2) is 30.5 Å². The van der Waals surface area contributed by atoms with Crippen molar-refractivity contribution in [1.82, 2.24) is 15.1 Å². The Kier molecular flexibility index (Phi) is 5.18. The number of ether oxygens (including phenoxy) is 2. The molecule has 1 aliphatic heterocycles. The van der Waals surface area contributed by atoms with E-state index in [1.807, 2.05) is 18.3 Å². The maximum atomic E-state index is 5.52. The SMILES string of the molecule is COc1ccc(CN2CCCC(Cc3ccn[nH]3)C2)c(OC)c1. The van der Waals surface area contributed by atoms with Crippen molar-refractivity contribution in [2.24, 2.45) is 5.92 Å². The van der Waals surface area contributed by atoms with Gasteiger partial charge in [0.1, 0.15) is 11.5 Å². The van der Waals surface area contributed by atoms with Gasteiger partial charge in [0.15, 0.2) is 0 Å². The number of H-pyrrole nitrogens is 1. The van der Waals surface area contributed by atoms with E-state index in [-0.39, 0.29) is 0 Å². The average molecular weight is 315 g/mol. The zero-order chi connectivity index (χ0) is 16.1. The van der Waals surface area contributed by atoms with Crippen molar-refractivity contribution >= 4 is 0 Å². The fraction of sp³-hybridized carbons (Fsp3) is 0.500. The number of aromatic nitrogens is 2. The number of nitrogens with zero attached hydrogens (tertiary/aromatic N) is 2. The standard InChI is InChI=1S/C18H25N3O2/c1-22-17-6-5-15(18(11-17)23-2)13-21-9-3-4-14(12-21)10-16-7-8-19-20-16/h5-8,11,14H,3-4,9-10,12-13H2,1-2H3,(H,19,20). The van der Waals surface area contributed by atoms with E-state index in [1.54, 1.807) is 14.2 Å². The van der Waals surface area contributed by atoms with Gasteiger partial charge in [0.2, 0.25) is 0 Å². The number of piperidine rings is 1. The Balaban J connectivity index is 1.63. The third kappa shape index (κ3) is 4.05. The molecule has 0 bridgehead atoms. The Morgan fingerprint density at radius 3 is 2.91 bits per heavy atom. The molecule has 1 aromatic heterocycles. The Bertz CT molecular complexity index is 613. The lowest BCUT2D eigenvalue weighted by atomic mass is 9.93. The van der Waals surface area contributed by atoms with Gasteiger partial charge in [0, 0.05) is 36.6 Å². The normalized spacial score (nSPS) is 18.8. The molecule has 1 aromatic carbocycles. The Morgan fingerprint density at radius 1 is 1.26 bits per heavy atom. The van der Waals surface area contributed by atoms with Crippen molar-refractivity contribution in [3.8, 4) is 11.5 Å². The molecule has 5 heteroatoms. The summed E-state index contributed by atoms with van der Waals surface area (Å²) in [6.45, 7) is 3.19. The molecule has 0 spiro atoms. The second-order valence-corrected chi connectivity index (χ2v) is 6.21. The van der Waals surface area contributed by atoms with Crippen LogP contribution in [-0.2, 0) is 13.0 Å². The number of methoxy groups -OCH3 is 2. The van der Waals surface area contributed by atoms with E-state index in [4.69, 9.17) is 9.47 Å². The van der Waals surface area contributed by atoms with Gasteiger partial charge in [-0.1, -0.05) is 6.07 Å². The molecular formula is C18H25N3O2. The highest BCUT2D eigenvalue weighted by Crippen LogP contribution is 2.28. The van der Waals surface area contributed by atoms with Crippen molar-refractivity contribution in [2.75, 3.05) is 27.3 Å². The number of rotatable bonds is 6. The summed E-state index contributed by atoms with van der Waals surface area (Å²) < 4.78 is 10.8. The molecule has 3 rings (SSSR count). The molecule has 1 N–H and O–H groups in total. The summed E-state index contributed by atoms with van der Waals surface area (Å²) in [5.74, 6) is 2.43. The molecular weight excluding hydrogens is 290 g/mol. The molecule has 0 radical (unpaired) electrons. The largest absolute Gasteiger partial charge is 0.497 e. The lowest BCUT2D eigenvalue weighted by Gasteiger charge is -2.33. The molecule has 2 heterocycles. The monoisotopic (exact) mass is 315 g/mol. The first-order valence-electron chi connectivity index (χ1n) is 8.20. The highest BCUT2D eigenvalue weighted by molar-refractivity contribution is 5.40. The van der Waals surface area contributed by atoms with Crippen LogP contribution in [0.5, 0.6) is 11.5 Å². The number of hydrogen-bond donors (Lipinski definition) is 1. The second-order valence-electron chi connectivity index (χ2n) is 6.21. The molecule has 1 fully saturated rings. The van der Waals surface area contributed by atoms with Crippen LogP contribution in [0.25, 0.3) is 0 Å². The Morgan fingerprint density at radius 2 is 2.17 bits per heavy atom. The average Bonchev–Trinajstić information content (AvgIpc) is 3.08. The van der Waals surface area contributed by atoms with Gasteiger partial charge in [0.25, 0.3) is 0 Å². The van der Waals surface area contributed by atoms with E-state index in [1.165, 1.54) is 24.1 Å². The van der Waals surface area contributed by atoms with Gasteiger partial charge in [-0.15, -0.1) is 0 Å². The van der Waals surface area contributed by atoms with Crippen LogP contribution in [0.2, 0.25) is 0 Å². The number of nitrogens with one attached hydrogen (secondary N) is 1. The third-order valence-corrected chi connectivity index (χ3v) is 4.56. The van der Waals surface area contributed by atoms with E-state index in [2.05, 4.69) is 27.2 Å². The molecule has 5 nitrogen and oxygen atoms in total. The lowest BCUT2D eigenvalue weighted by Crippen LogP contribution is -2.35. The summed E-state index contributed by atoms with van der Waals surface area (Å²) in [7, 11) is 3.40. The summed E-state index contributed by atoms with van der Waals surface area (Å²) in [5.41, 5.74) is 2.45. The van der Waals surface area contributed by atoms with Gasteiger partial charge in [-0.25, -0.2) is 0 Å². The molecule has 0 amide bonds. The summed E-state index contributed by atoms with van der Waals surface area (Å²) in [5, 5.41) is 7.12. The molecule has 0 saturated carbocycles. The van der Waals surface area contributed by atoms with Gasteiger partial charge < -0.3 is 9.47 Å². The molecule has 1 unspecified atom stereocenters. The minimum absolute atomic E-state index is 0.688. The maximum absolute atomic E-state index is 5.52. The predicted octanol–water partition coefficient (Wildman–Crippen LogP) is 2.88. The fourth-order valence-corrected chi connectivity index (χ4v) is 3.39. The van der Waals surface area contributed by atoms with Crippen LogP contribution in [0, 0.1) is 5.92 Å². The van der Waals surface area contributed by atoms with Gasteiger partial charge in [0.05, 0.1) is 14.2 Å². The number of likely N-dealkylation sites (tertiary alicyclic amines) is 1. The quantitative estimate of drug-likeness (QED) is 0.890. The summed E-state index contributed by atoms with van der Waals surface area (Å²) in [6, 6.07) is 8.15. The van der Waals surface area contributed by atoms with Crippen LogP contribution in [0.3, 0.4) is 0 Å². The molecule has 124 valence electrons. The molecule has 2 aromatic rings. The van der Waals surface area contributed by atoms with Crippen LogP contribution >= 0.6 is 0 Å². The first-order chi connectivity index (χ1) is 11.3. The molecule has 0 aliphatic carbocycles. The van der Waals surface area contributed by atoms with Gasteiger partial charge in [-0.2, -0.15) is 5.10 Å². The topological polar surface area (TPSA) is 50.4 Å². The van der Waals surface area contributed by atoms with E-state index >= 15 is 0 Å². The van der Waals surface area contributed by atoms with Gasteiger partial charge >= 0.3 is 0 Å². The maximum Gasteiger partial charge on any atom is 0.127 e. The van der Waals surface area contributed by atoms with Crippen LogP contribution in [0.4, 0.5) is 0 Å². The van der Waals surface area contributed by atoms with Crippen LogP contribution in [0.1, 0.15) is 24.1 Å². The van der Waals surface area contributed by atoms with Crippen LogP contribution in [-0.4, -0.2) is 42.4 Å². The fourth-order valence-electron chi connectivity index (χ4n) is 3.39. The van der Waals surface area contributed by atoms with E-state index < -0.39 is 0 Å². The van der Waals surface area contributed by atoms with Gasteiger partial charge in [-0.3, -0.25) is 10.00 Å². The van der Waals surface area contributed by atoms with Crippen molar-refractivity contribution < 1.29 is 9.47 Å². The smallest absolute Gasteiger partial charge is 0.127 e. The molecule has 23 heavy (non-hydrogen) atoms. The van der Waals surface area contributed by atoms with E-state index in [0.717, 1.165) is 37.6 Å². The zero-order valence-electron chi connectivity index (χ0n) is 13.9. The van der Waals surface area contributed by atoms with E-state index in [0.29, 0.717) is 5.92 Å². The van der Waals surface area contributed by atoms with Gasteiger partial charge in [-0.05, 0) is 43.9 Å². The molecule has 1 atom stereocenters. The minimum atomic E-state index is 0.688. The zero-order valence-corrected chi connectivity index (χ0v) is 13.9. The lowest BCUT2D eigenvalue weighted by molar-refractivity contribution is 0.165. The first-order valence-corrected chi connectivity index (χ1v) is 8.20. The van der Waals surface area contributed by atoms with Crippen molar-refractivity contribution in [2.45, 2.75) is 25.8 Å². The summed E-state index contributed by atoms with van der Waals surface area (Å²) in [4.78, 5) is 2.52. The van der Waals surface area contributed by atoms with Crippen molar-refractivity contribution in [3.63, 3.8) is 0 Å². The Hall–Kier alpha value is -2.01. The van der Waals surface area contributed by atoms with Crippen molar-refractivity contribution in [3.05, 3.63) is 41.7 Å². The summed E-state index contributed by atoms with van der Waals surface area (Å²) in [6.07, 6.45) is 5.45. The number of benzene rings is 1. The van der Waals surface area contributed by atoms with E-state index in [9.17, 15) is 0 Å². The number of aromatic amines is 1. The molecule has 1 aliphatic rings. The highest BCUT2D eigenvalue weighted by Gasteiger charge is 2.21.